The molecule has 0 radical (unpaired) electrons. The highest BCUT2D eigenvalue weighted by atomic mass is 19.1. The molecule has 3 nitrogen and oxygen atoms in total. The maximum atomic E-state index is 13.2. The van der Waals surface area contributed by atoms with Gasteiger partial charge in [-0.05, 0) is 55.8 Å². The molecule has 0 saturated heterocycles. The van der Waals surface area contributed by atoms with Crippen LogP contribution in [0, 0.1) is 5.82 Å². The van der Waals surface area contributed by atoms with Crippen molar-refractivity contribution >= 4 is 5.97 Å². The highest BCUT2D eigenvalue weighted by molar-refractivity contribution is 5.87. The number of halogens is 1. The molecular formula is C18H20FNO2. The molecule has 0 saturated carbocycles. The molecule has 0 amide bonds. The zero-order valence-electron chi connectivity index (χ0n) is 12.8. The predicted octanol–water partition coefficient (Wildman–Crippen LogP) is 3.59. The van der Waals surface area contributed by atoms with Gasteiger partial charge in [0.15, 0.2) is 0 Å². The first-order valence-electron chi connectivity index (χ1n) is 7.22. The summed E-state index contributed by atoms with van der Waals surface area (Å²) in [4.78, 5) is 13.1. The Kier molecular flexibility index (Phi) is 5.28. The fourth-order valence-corrected chi connectivity index (χ4v) is 2.41. The summed E-state index contributed by atoms with van der Waals surface area (Å²) in [5.74, 6) is -1.14. The summed E-state index contributed by atoms with van der Waals surface area (Å²) in [6, 6.07) is 13.8. The molecule has 0 heterocycles. The minimum absolute atomic E-state index is 0.218. The van der Waals surface area contributed by atoms with Crippen molar-refractivity contribution in [2.45, 2.75) is 25.9 Å². The molecule has 2 aromatic carbocycles. The number of carboxylic acids is 1. The molecule has 1 N–H and O–H groups in total. The van der Waals surface area contributed by atoms with Gasteiger partial charge in [-0.25, -0.2) is 9.18 Å². The topological polar surface area (TPSA) is 40.5 Å². The van der Waals surface area contributed by atoms with Crippen LogP contribution < -0.4 is 0 Å². The molecule has 0 aliphatic carbocycles. The van der Waals surface area contributed by atoms with Gasteiger partial charge in [0.2, 0.25) is 0 Å². The molecule has 0 spiro atoms. The number of aromatic carboxylic acids is 1. The Balaban J connectivity index is 2.00. The smallest absolute Gasteiger partial charge is 0.335 e. The maximum Gasteiger partial charge on any atom is 0.335 e. The van der Waals surface area contributed by atoms with Crippen molar-refractivity contribution < 1.29 is 14.3 Å². The van der Waals surface area contributed by atoms with Crippen LogP contribution in [0.25, 0.3) is 0 Å². The minimum atomic E-state index is -0.919. The van der Waals surface area contributed by atoms with E-state index in [-0.39, 0.29) is 11.9 Å². The SMILES string of the molecule is CC(Cc1cccc(F)c1)N(C)Cc1cccc(C(=O)O)c1. The van der Waals surface area contributed by atoms with Gasteiger partial charge >= 0.3 is 5.97 Å². The Hall–Kier alpha value is -2.20. The van der Waals surface area contributed by atoms with Crippen LogP contribution in [0.15, 0.2) is 48.5 Å². The summed E-state index contributed by atoms with van der Waals surface area (Å²) in [7, 11) is 1.98. The average molecular weight is 301 g/mol. The lowest BCUT2D eigenvalue weighted by Gasteiger charge is -2.25. The van der Waals surface area contributed by atoms with Crippen molar-refractivity contribution in [3.05, 3.63) is 71.0 Å². The highest BCUT2D eigenvalue weighted by Gasteiger charge is 2.12. The first-order valence-corrected chi connectivity index (χ1v) is 7.22. The van der Waals surface area contributed by atoms with Crippen molar-refractivity contribution in [3.8, 4) is 0 Å². The number of nitrogens with zero attached hydrogens (tertiary/aromatic N) is 1. The van der Waals surface area contributed by atoms with Gasteiger partial charge in [0, 0.05) is 12.6 Å². The average Bonchev–Trinajstić information content (AvgIpc) is 2.47. The zero-order chi connectivity index (χ0) is 16.1. The minimum Gasteiger partial charge on any atom is -0.478 e. The van der Waals surface area contributed by atoms with E-state index in [1.807, 2.05) is 19.2 Å². The molecule has 2 rings (SSSR count). The number of rotatable bonds is 6. The van der Waals surface area contributed by atoms with E-state index in [0.29, 0.717) is 12.1 Å². The largest absolute Gasteiger partial charge is 0.478 e. The molecule has 1 unspecified atom stereocenters. The second-order valence-corrected chi connectivity index (χ2v) is 5.60. The van der Waals surface area contributed by atoms with Gasteiger partial charge in [-0.3, -0.25) is 4.90 Å². The molecule has 0 aromatic heterocycles. The van der Waals surface area contributed by atoms with E-state index in [4.69, 9.17) is 5.11 Å². The lowest BCUT2D eigenvalue weighted by atomic mass is 10.0. The number of hydrogen-bond acceptors (Lipinski definition) is 2. The Labute approximate surface area is 130 Å². The molecule has 2 aromatic rings. The molecule has 116 valence electrons. The molecule has 22 heavy (non-hydrogen) atoms. The van der Waals surface area contributed by atoms with Crippen LogP contribution >= 0.6 is 0 Å². The van der Waals surface area contributed by atoms with Crippen molar-refractivity contribution in [3.63, 3.8) is 0 Å². The van der Waals surface area contributed by atoms with Crippen molar-refractivity contribution in [2.75, 3.05) is 7.05 Å². The molecule has 1 atom stereocenters. The van der Waals surface area contributed by atoms with Gasteiger partial charge in [-0.2, -0.15) is 0 Å². The highest BCUT2D eigenvalue weighted by Crippen LogP contribution is 2.13. The van der Waals surface area contributed by atoms with Crippen molar-refractivity contribution in [2.24, 2.45) is 0 Å². The van der Waals surface area contributed by atoms with Gasteiger partial charge in [-0.1, -0.05) is 24.3 Å². The summed E-state index contributed by atoms with van der Waals surface area (Å²) in [5, 5.41) is 9.02. The van der Waals surface area contributed by atoms with Crippen LogP contribution in [0.5, 0.6) is 0 Å². The number of carboxylic acid groups (broad SMARTS) is 1. The Morgan fingerprint density at radius 3 is 2.55 bits per heavy atom. The second kappa shape index (κ2) is 7.18. The summed E-state index contributed by atoms with van der Waals surface area (Å²) in [6.07, 6.45) is 0.743. The van der Waals surface area contributed by atoms with Crippen LogP contribution in [0.4, 0.5) is 4.39 Å². The van der Waals surface area contributed by atoms with Gasteiger partial charge in [0.05, 0.1) is 5.56 Å². The van der Waals surface area contributed by atoms with Crippen LogP contribution in [-0.4, -0.2) is 29.1 Å². The third-order valence-corrected chi connectivity index (χ3v) is 3.78. The molecular weight excluding hydrogens is 281 g/mol. The number of carbonyl (C=O) groups is 1. The van der Waals surface area contributed by atoms with Crippen LogP contribution in [0.2, 0.25) is 0 Å². The normalized spacial score (nSPS) is 12.4. The fourth-order valence-electron chi connectivity index (χ4n) is 2.41. The van der Waals surface area contributed by atoms with Gasteiger partial charge in [0.25, 0.3) is 0 Å². The molecule has 0 aliphatic heterocycles. The fraction of sp³-hybridized carbons (Fsp3) is 0.278. The monoisotopic (exact) mass is 301 g/mol. The van der Waals surface area contributed by atoms with E-state index in [9.17, 15) is 9.18 Å². The van der Waals surface area contributed by atoms with Gasteiger partial charge in [0.1, 0.15) is 5.82 Å². The third kappa shape index (κ3) is 4.40. The molecule has 0 fully saturated rings. The predicted molar refractivity (Wildman–Crippen MR) is 84.4 cm³/mol. The molecule has 0 bridgehead atoms. The zero-order valence-corrected chi connectivity index (χ0v) is 12.8. The maximum absolute atomic E-state index is 13.2. The van der Waals surface area contributed by atoms with Gasteiger partial charge in [-0.15, -0.1) is 0 Å². The summed E-state index contributed by atoms with van der Waals surface area (Å²) in [5.41, 5.74) is 2.20. The Morgan fingerprint density at radius 2 is 1.86 bits per heavy atom. The number of hydrogen-bond donors (Lipinski definition) is 1. The van der Waals surface area contributed by atoms with Crippen LogP contribution in [0.3, 0.4) is 0 Å². The lowest BCUT2D eigenvalue weighted by Crippen LogP contribution is -2.30. The standard InChI is InChI=1S/C18H20FNO2/c1-13(9-14-5-4-8-17(19)11-14)20(2)12-15-6-3-7-16(10-15)18(21)22/h3-8,10-11,13H,9,12H2,1-2H3,(H,21,22). The van der Waals surface area contributed by atoms with Crippen LogP contribution in [-0.2, 0) is 13.0 Å². The first-order chi connectivity index (χ1) is 10.5. The second-order valence-electron chi connectivity index (χ2n) is 5.60. The van der Waals surface area contributed by atoms with E-state index >= 15 is 0 Å². The van der Waals surface area contributed by atoms with Crippen molar-refractivity contribution in [1.29, 1.82) is 0 Å². The summed E-state index contributed by atoms with van der Waals surface area (Å²) >= 11 is 0. The first kappa shape index (κ1) is 16.2. The number of benzene rings is 2. The Bertz CT molecular complexity index is 657. The van der Waals surface area contributed by atoms with Crippen LogP contribution in [0.1, 0.15) is 28.4 Å². The quantitative estimate of drug-likeness (QED) is 0.886. The Morgan fingerprint density at radius 1 is 1.18 bits per heavy atom. The van der Waals surface area contributed by atoms with E-state index in [1.165, 1.54) is 6.07 Å². The molecule has 0 aliphatic rings. The van der Waals surface area contributed by atoms with E-state index in [0.717, 1.165) is 17.5 Å². The van der Waals surface area contributed by atoms with E-state index in [2.05, 4.69) is 11.8 Å². The third-order valence-electron chi connectivity index (χ3n) is 3.78. The number of likely N-dealkylation sites (N-methyl/N-ethyl adjacent to an activating group) is 1. The van der Waals surface area contributed by atoms with Gasteiger partial charge < -0.3 is 5.11 Å². The lowest BCUT2D eigenvalue weighted by molar-refractivity contribution is 0.0696. The van der Waals surface area contributed by atoms with E-state index in [1.54, 1.807) is 30.3 Å². The summed E-state index contributed by atoms with van der Waals surface area (Å²) in [6.45, 7) is 2.73. The molecule has 4 heteroatoms. The summed E-state index contributed by atoms with van der Waals surface area (Å²) < 4.78 is 13.2. The van der Waals surface area contributed by atoms with Crippen molar-refractivity contribution in [1.82, 2.24) is 4.90 Å². The van der Waals surface area contributed by atoms with E-state index < -0.39 is 5.97 Å².